The molecule has 3 aromatic rings. The normalized spacial score (nSPS) is 10.5. The predicted octanol–water partition coefficient (Wildman–Crippen LogP) is 0.908. The topological polar surface area (TPSA) is 91.9 Å². The summed E-state index contributed by atoms with van der Waals surface area (Å²) >= 11 is 0. The summed E-state index contributed by atoms with van der Waals surface area (Å²) < 4.78 is 7.40. The molecule has 0 aliphatic carbocycles. The van der Waals surface area contributed by atoms with E-state index in [4.69, 9.17) is 0 Å². The van der Waals surface area contributed by atoms with Gasteiger partial charge in [0.2, 0.25) is 0 Å². The van der Waals surface area contributed by atoms with E-state index in [1.807, 2.05) is 13.0 Å². The number of carbonyl (C=O) groups is 1. The number of rotatable bonds is 3. The lowest BCUT2D eigenvalue weighted by Gasteiger charge is -2.08. The van der Waals surface area contributed by atoms with Crippen LogP contribution in [-0.4, -0.2) is 37.9 Å². The summed E-state index contributed by atoms with van der Waals surface area (Å²) in [4.78, 5) is 23.6. The third-order valence-corrected chi connectivity index (χ3v) is 3.23. The first-order valence-electron chi connectivity index (χ1n) is 6.77. The van der Waals surface area contributed by atoms with Crippen molar-refractivity contribution in [2.75, 3.05) is 7.11 Å². The molecular weight excluding hydrogens is 298 g/mol. The average Bonchev–Trinajstić information content (AvgIpc) is 3.01. The Labute approximate surface area is 130 Å². The lowest BCUT2D eigenvalue weighted by atomic mass is 10.2. The van der Waals surface area contributed by atoms with Crippen molar-refractivity contribution in [2.24, 2.45) is 0 Å². The van der Waals surface area contributed by atoms with Crippen molar-refractivity contribution in [1.82, 2.24) is 24.8 Å². The zero-order chi connectivity index (χ0) is 16.4. The first-order valence-corrected chi connectivity index (χ1v) is 6.77. The Morgan fingerprint density at radius 3 is 2.52 bits per heavy atom. The zero-order valence-corrected chi connectivity index (χ0v) is 12.5. The Bertz CT molecular complexity index is 929. The number of ether oxygens (including phenoxy) is 1. The molecular formula is C15H13N5O3. The van der Waals surface area contributed by atoms with E-state index in [-0.39, 0.29) is 11.3 Å². The third-order valence-electron chi connectivity index (χ3n) is 3.23. The summed E-state index contributed by atoms with van der Waals surface area (Å²) in [5.41, 5.74) is 1.79. The smallest absolute Gasteiger partial charge is 0.358 e. The van der Waals surface area contributed by atoms with E-state index in [1.165, 1.54) is 19.2 Å². The second-order valence-corrected chi connectivity index (χ2v) is 4.77. The lowest BCUT2D eigenvalue weighted by molar-refractivity contribution is 0.0591. The lowest BCUT2D eigenvalue weighted by Crippen LogP contribution is -2.23. The quantitative estimate of drug-likeness (QED) is 0.668. The van der Waals surface area contributed by atoms with Crippen LogP contribution in [0.15, 0.2) is 47.4 Å². The highest BCUT2D eigenvalue weighted by atomic mass is 16.5. The van der Waals surface area contributed by atoms with Gasteiger partial charge in [0.1, 0.15) is 0 Å². The van der Waals surface area contributed by atoms with Crippen LogP contribution in [0.25, 0.3) is 11.4 Å². The van der Waals surface area contributed by atoms with Gasteiger partial charge in [-0.2, -0.15) is 9.78 Å². The van der Waals surface area contributed by atoms with Crippen LogP contribution in [0.4, 0.5) is 0 Å². The van der Waals surface area contributed by atoms with E-state index in [0.717, 1.165) is 16.1 Å². The van der Waals surface area contributed by atoms with Gasteiger partial charge >= 0.3 is 5.97 Å². The van der Waals surface area contributed by atoms with Crippen LogP contribution in [0.3, 0.4) is 0 Å². The van der Waals surface area contributed by atoms with Gasteiger partial charge in [0.15, 0.2) is 5.69 Å². The molecule has 0 radical (unpaired) electrons. The fraction of sp³-hybridized carbons (Fsp3) is 0.133. The minimum atomic E-state index is -0.609. The zero-order valence-electron chi connectivity index (χ0n) is 12.5. The van der Waals surface area contributed by atoms with Gasteiger partial charge in [-0.25, -0.2) is 9.48 Å². The molecule has 0 atom stereocenters. The molecule has 0 spiro atoms. The van der Waals surface area contributed by atoms with Gasteiger partial charge in [-0.05, 0) is 31.2 Å². The summed E-state index contributed by atoms with van der Waals surface area (Å²) in [5.74, 6) is -0.609. The van der Waals surface area contributed by atoms with Gasteiger partial charge < -0.3 is 4.74 Å². The van der Waals surface area contributed by atoms with Crippen molar-refractivity contribution < 1.29 is 9.53 Å². The fourth-order valence-corrected chi connectivity index (χ4v) is 2.11. The minimum Gasteiger partial charge on any atom is -0.464 e. The molecule has 0 amide bonds. The van der Waals surface area contributed by atoms with E-state index in [2.05, 4.69) is 20.1 Å². The Morgan fingerprint density at radius 1 is 1.13 bits per heavy atom. The van der Waals surface area contributed by atoms with Crippen LogP contribution in [0, 0.1) is 6.92 Å². The third kappa shape index (κ3) is 2.73. The minimum absolute atomic E-state index is 0.0504. The molecule has 8 heteroatoms. The molecule has 0 saturated carbocycles. The second kappa shape index (κ2) is 5.84. The van der Waals surface area contributed by atoms with Crippen LogP contribution in [0.2, 0.25) is 0 Å². The summed E-state index contributed by atoms with van der Waals surface area (Å²) in [6.07, 6.45) is 1.63. The first kappa shape index (κ1) is 14.6. The van der Waals surface area contributed by atoms with Gasteiger partial charge in [0.25, 0.3) is 5.56 Å². The van der Waals surface area contributed by atoms with Crippen molar-refractivity contribution in [3.63, 3.8) is 0 Å². The number of carbonyl (C=O) groups excluding carboxylic acids is 1. The number of hydrogen-bond donors (Lipinski definition) is 0. The summed E-state index contributed by atoms with van der Waals surface area (Å²) in [7, 11) is 1.26. The summed E-state index contributed by atoms with van der Waals surface area (Å²) in [6.45, 7) is 1.87. The van der Waals surface area contributed by atoms with Gasteiger partial charge in [0, 0.05) is 6.07 Å². The molecule has 2 aromatic heterocycles. The SMILES string of the molecule is COC(=O)c1ccc(=O)n(-c2cccc(-n3nncc3C)c2)n1. The van der Waals surface area contributed by atoms with E-state index >= 15 is 0 Å². The molecule has 8 nitrogen and oxygen atoms in total. The molecule has 0 bridgehead atoms. The van der Waals surface area contributed by atoms with Crippen molar-refractivity contribution in [3.8, 4) is 11.4 Å². The highest BCUT2D eigenvalue weighted by Gasteiger charge is 2.11. The monoisotopic (exact) mass is 311 g/mol. The number of aryl methyl sites for hydroxylation is 1. The maximum Gasteiger partial charge on any atom is 0.358 e. The Balaban J connectivity index is 2.11. The Hall–Kier alpha value is -3.29. The van der Waals surface area contributed by atoms with Crippen LogP contribution in [-0.2, 0) is 4.74 Å². The highest BCUT2D eigenvalue weighted by molar-refractivity contribution is 5.86. The maximum absolute atomic E-state index is 12.1. The maximum atomic E-state index is 12.1. The van der Waals surface area contributed by atoms with Gasteiger partial charge in [0.05, 0.1) is 30.4 Å². The average molecular weight is 311 g/mol. The van der Waals surface area contributed by atoms with Crippen molar-refractivity contribution in [2.45, 2.75) is 6.92 Å². The number of esters is 1. The van der Waals surface area contributed by atoms with E-state index < -0.39 is 5.97 Å². The van der Waals surface area contributed by atoms with Crippen molar-refractivity contribution in [3.05, 3.63) is 64.3 Å². The molecule has 0 aliphatic heterocycles. The van der Waals surface area contributed by atoms with E-state index in [0.29, 0.717) is 5.69 Å². The molecule has 1 aromatic carbocycles. The summed E-state index contributed by atoms with van der Waals surface area (Å²) in [6, 6.07) is 9.65. The van der Waals surface area contributed by atoms with Gasteiger partial charge in [-0.1, -0.05) is 11.3 Å². The number of aromatic nitrogens is 5. The summed E-state index contributed by atoms with van der Waals surface area (Å²) in [5, 5.41) is 11.9. The van der Waals surface area contributed by atoms with Crippen LogP contribution < -0.4 is 5.56 Å². The van der Waals surface area contributed by atoms with Gasteiger partial charge in [-0.15, -0.1) is 5.10 Å². The Kier molecular flexibility index (Phi) is 3.71. The number of hydrogen-bond acceptors (Lipinski definition) is 6. The molecule has 3 rings (SSSR count). The van der Waals surface area contributed by atoms with Crippen LogP contribution in [0.1, 0.15) is 16.2 Å². The number of methoxy groups -OCH3 is 1. The van der Waals surface area contributed by atoms with Crippen LogP contribution in [0.5, 0.6) is 0 Å². The fourth-order valence-electron chi connectivity index (χ4n) is 2.11. The van der Waals surface area contributed by atoms with Crippen LogP contribution >= 0.6 is 0 Å². The molecule has 0 aliphatic rings. The number of benzene rings is 1. The second-order valence-electron chi connectivity index (χ2n) is 4.77. The van der Waals surface area contributed by atoms with E-state index in [1.54, 1.807) is 29.1 Å². The molecule has 116 valence electrons. The van der Waals surface area contributed by atoms with Gasteiger partial charge in [-0.3, -0.25) is 4.79 Å². The molecule has 0 saturated heterocycles. The predicted molar refractivity (Wildman–Crippen MR) is 80.8 cm³/mol. The first-order chi connectivity index (χ1) is 11.1. The molecule has 23 heavy (non-hydrogen) atoms. The molecule has 0 N–H and O–H groups in total. The molecule has 0 unspecified atom stereocenters. The highest BCUT2D eigenvalue weighted by Crippen LogP contribution is 2.13. The van der Waals surface area contributed by atoms with E-state index in [9.17, 15) is 9.59 Å². The molecule has 0 fully saturated rings. The van der Waals surface area contributed by atoms with Crippen molar-refractivity contribution >= 4 is 5.97 Å². The Morgan fingerprint density at radius 2 is 1.87 bits per heavy atom. The largest absolute Gasteiger partial charge is 0.464 e. The standard InChI is InChI=1S/C15H13N5O3/c1-10-9-16-18-19(10)11-4-3-5-12(8-11)20-14(21)7-6-13(17-20)15(22)23-2/h3-9H,1-2H3. The van der Waals surface area contributed by atoms with Crippen molar-refractivity contribution in [1.29, 1.82) is 0 Å². The number of nitrogens with zero attached hydrogens (tertiary/aromatic N) is 5. The molecule has 2 heterocycles.